The Bertz CT molecular complexity index is 680. The molecule has 0 spiro atoms. The van der Waals surface area contributed by atoms with E-state index >= 15 is 0 Å². The molecule has 1 heterocycles. The Morgan fingerprint density at radius 1 is 1.68 bits per heavy atom. The van der Waals surface area contributed by atoms with Gasteiger partial charge in [-0.3, -0.25) is 14.3 Å². The van der Waals surface area contributed by atoms with E-state index in [0.717, 1.165) is 0 Å². The van der Waals surface area contributed by atoms with E-state index in [0.29, 0.717) is 24.0 Å². The zero-order chi connectivity index (χ0) is 14.2. The number of aryl methyl sites for hydroxylation is 1. The number of nitrogens with one attached hydrogen (secondary N) is 1. The van der Waals surface area contributed by atoms with Gasteiger partial charge in [0.15, 0.2) is 0 Å². The molecule has 6 nitrogen and oxygen atoms in total. The Morgan fingerprint density at radius 3 is 2.89 bits per heavy atom. The maximum absolute atomic E-state index is 11.8. The fourth-order valence-corrected chi connectivity index (χ4v) is 2.51. The third-order valence-corrected chi connectivity index (χ3v) is 3.83. The molecular formula is C13H15N3O3. The van der Waals surface area contributed by atoms with Crippen LogP contribution in [-0.4, -0.2) is 21.3 Å². The van der Waals surface area contributed by atoms with Gasteiger partial charge in [-0.1, -0.05) is 6.58 Å². The van der Waals surface area contributed by atoms with Gasteiger partial charge in [0.05, 0.1) is 18.7 Å². The average Bonchev–Trinajstić information content (AvgIpc) is 2.72. The van der Waals surface area contributed by atoms with E-state index in [1.165, 1.54) is 10.8 Å². The summed E-state index contributed by atoms with van der Waals surface area (Å²) in [7, 11) is 0. The quantitative estimate of drug-likeness (QED) is 0.745. The van der Waals surface area contributed by atoms with Crippen LogP contribution in [0.5, 0.6) is 0 Å². The molecule has 0 radical (unpaired) electrons. The smallest absolute Gasteiger partial charge is 0.328 e. The summed E-state index contributed by atoms with van der Waals surface area (Å²) in [5.74, 6) is 0. The second-order valence-corrected chi connectivity index (χ2v) is 4.91. The lowest BCUT2D eigenvalue weighted by Gasteiger charge is -2.22. The molecule has 0 amide bonds. The molecule has 2 atom stereocenters. The number of aromatic nitrogens is 2. The van der Waals surface area contributed by atoms with Crippen molar-refractivity contribution in [3.63, 3.8) is 0 Å². The van der Waals surface area contributed by atoms with Gasteiger partial charge in [-0.15, -0.1) is 0 Å². The Balaban J connectivity index is 2.50. The maximum Gasteiger partial charge on any atom is 0.328 e. The molecule has 0 bridgehead atoms. The first-order valence-corrected chi connectivity index (χ1v) is 5.98. The summed E-state index contributed by atoms with van der Waals surface area (Å²) in [5, 5.41) is 18.6. The average molecular weight is 261 g/mol. The highest BCUT2D eigenvalue weighted by Crippen LogP contribution is 2.46. The molecule has 1 aromatic rings. The van der Waals surface area contributed by atoms with Gasteiger partial charge in [0.2, 0.25) is 0 Å². The highest BCUT2D eigenvalue weighted by molar-refractivity contribution is 5.30. The third-order valence-electron chi connectivity index (χ3n) is 3.83. The van der Waals surface area contributed by atoms with Crippen molar-refractivity contribution in [1.29, 1.82) is 5.26 Å². The molecule has 1 aliphatic rings. The summed E-state index contributed by atoms with van der Waals surface area (Å²) in [6.07, 6.45) is 2.47. The predicted octanol–water partition coefficient (Wildman–Crippen LogP) is 0.238. The van der Waals surface area contributed by atoms with Crippen molar-refractivity contribution >= 4 is 0 Å². The summed E-state index contributed by atoms with van der Waals surface area (Å²) < 4.78 is 1.38. The van der Waals surface area contributed by atoms with Crippen molar-refractivity contribution in [2.45, 2.75) is 25.8 Å². The number of aromatic amines is 1. The van der Waals surface area contributed by atoms with Gasteiger partial charge in [0.1, 0.15) is 5.41 Å². The fourth-order valence-electron chi connectivity index (χ4n) is 2.51. The molecule has 1 saturated carbocycles. The molecule has 2 unspecified atom stereocenters. The summed E-state index contributed by atoms with van der Waals surface area (Å²) in [4.78, 5) is 25.4. The Kier molecular flexibility index (Phi) is 3.16. The van der Waals surface area contributed by atoms with Crippen molar-refractivity contribution in [2.75, 3.05) is 6.61 Å². The number of hydrogen-bond donors (Lipinski definition) is 2. The highest BCUT2D eigenvalue weighted by Gasteiger charge is 2.43. The lowest BCUT2D eigenvalue weighted by atomic mass is 9.85. The minimum atomic E-state index is -0.992. The minimum absolute atomic E-state index is 0.310. The largest absolute Gasteiger partial charge is 0.394 e. The lowest BCUT2D eigenvalue weighted by molar-refractivity contribution is 0.206. The summed E-state index contributed by atoms with van der Waals surface area (Å²) in [6.45, 7) is 5.16. The molecule has 1 fully saturated rings. The fraction of sp³-hybridized carbons (Fsp3) is 0.462. The van der Waals surface area contributed by atoms with Crippen LogP contribution >= 0.6 is 0 Å². The van der Waals surface area contributed by atoms with E-state index in [2.05, 4.69) is 17.6 Å². The molecule has 6 heteroatoms. The Labute approximate surface area is 109 Å². The van der Waals surface area contributed by atoms with E-state index in [1.807, 2.05) is 0 Å². The predicted molar refractivity (Wildman–Crippen MR) is 68.6 cm³/mol. The molecule has 100 valence electrons. The molecule has 19 heavy (non-hydrogen) atoms. The summed E-state index contributed by atoms with van der Waals surface area (Å²) in [5.41, 5.74) is -0.988. The van der Waals surface area contributed by atoms with Gasteiger partial charge in [-0.05, 0) is 25.3 Å². The number of nitriles is 1. The first-order valence-electron chi connectivity index (χ1n) is 5.98. The zero-order valence-electron chi connectivity index (χ0n) is 10.6. The minimum Gasteiger partial charge on any atom is -0.394 e. The topological polar surface area (TPSA) is 98.9 Å². The molecule has 1 aliphatic carbocycles. The van der Waals surface area contributed by atoms with Crippen LogP contribution < -0.4 is 11.2 Å². The van der Waals surface area contributed by atoms with Crippen molar-refractivity contribution in [3.8, 4) is 6.07 Å². The van der Waals surface area contributed by atoms with Gasteiger partial charge in [0.25, 0.3) is 5.56 Å². The van der Waals surface area contributed by atoms with Crippen LogP contribution in [0.25, 0.3) is 0 Å². The molecule has 1 aromatic heterocycles. The van der Waals surface area contributed by atoms with Crippen LogP contribution in [0.4, 0.5) is 0 Å². The number of rotatable bonds is 2. The van der Waals surface area contributed by atoms with E-state index in [9.17, 15) is 20.0 Å². The standard InChI is InChI=1S/C13H15N3O3/c1-8-5-16(12(19)15-11(8)18)10-3-4-13(6-14,7-17)9(10)2/h5,10,17H,2-4,7H2,1H3,(H,15,18,19). The number of hydrogen-bond acceptors (Lipinski definition) is 4. The van der Waals surface area contributed by atoms with Crippen molar-refractivity contribution in [3.05, 3.63) is 44.8 Å². The van der Waals surface area contributed by atoms with Gasteiger partial charge in [-0.2, -0.15) is 5.26 Å². The molecule has 0 aliphatic heterocycles. The van der Waals surface area contributed by atoms with Gasteiger partial charge >= 0.3 is 5.69 Å². The van der Waals surface area contributed by atoms with Crippen LogP contribution in [0.3, 0.4) is 0 Å². The highest BCUT2D eigenvalue weighted by atomic mass is 16.3. The second kappa shape index (κ2) is 4.52. The van der Waals surface area contributed by atoms with Crippen molar-refractivity contribution in [1.82, 2.24) is 9.55 Å². The van der Waals surface area contributed by atoms with E-state index in [-0.39, 0.29) is 12.6 Å². The number of nitrogens with zero attached hydrogens (tertiary/aromatic N) is 2. The molecule has 0 aromatic carbocycles. The molecular weight excluding hydrogens is 246 g/mol. The van der Waals surface area contributed by atoms with Crippen LogP contribution in [-0.2, 0) is 0 Å². The van der Waals surface area contributed by atoms with Crippen LogP contribution in [0.15, 0.2) is 27.9 Å². The normalized spacial score (nSPS) is 26.4. The summed E-state index contributed by atoms with van der Waals surface area (Å²) in [6, 6.07) is 1.72. The first kappa shape index (κ1) is 13.3. The maximum atomic E-state index is 11.8. The van der Waals surface area contributed by atoms with Crippen molar-refractivity contribution in [2.24, 2.45) is 5.41 Å². The number of aliphatic hydroxyl groups excluding tert-OH is 1. The van der Waals surface area contributed by atoms with E-state index in [1.54, 1.807) is 6.92 Å². The lowest BCUT2D eigenvalue weighted by Crippen LogP contribution is -2.34. The second-order valence-electron chi connectivity index (χ2n) is 4.91. The van der Waals surface area contributed by atoms with Crippen LogP contribution in [0, 0.1) is 23.7 Å². The van der Waals surface area contributed by atoms with Gasteiger partial charge < -0.3 is 5.11 Å². The van der Waals surface area contributed by atoms with E-state index < -0.39 is 16.7 Å². The number of H-pyrrole nitrogens is 1. The van der Waals surface area contributed by atoms with Gasteiger partial charge in [0, 0.05) is 11.8 Å². The van der Waals surface area contributed by atoms with Crippen LogP contribution in [0.1, 0.15) is 24.4 Å². The van der Waals surface area contributed by atoms with Gasteiger partial charge in [-0.25, -0.2) is 4.79 Å². The van der Waals surface area contributed by atoms with Crippen LogP contribution in [0.2, 0.25) is 0 Å². The summed E-state index contributed by atoms with van der Waals surface area (Å²) >= 11 is 0. The van der Waals surface area contributed by atoms with Crippen molar-refractivity contribution < 1.29 is 5.11 Å². The SMILES string of the molecule is C=C1C(n2cc(C)c(=O)[nH]c2=O)CCC1(C#N)CO. The monoisotopic (exact) mass is 261 g/mol. The Morgan fingerprint density at radius 2 is 2.37 bits per heavy atom. The number of aliphatic hydroxyl groups is 1. The Hall–Kier alpha value is -2.13. The molecule has 0 saturated heterocycles. The van der Waals surface area contributed by atoms with E-state index in [4.69, 9.17) is 0 Å². The molecule has 2 N–H and O–H groups in total. The third kappa shape index (κ3) is 1.92. The molecule has 2 rings (SSSR count). The zero-order valence-corrected chi connectivity index (χ0v) is 10.6. The first-order chi connectivity index (χ1) is 8.95.